The zero-order valence-corrected chi connectivity index (χ0v) is 69.4. The van der Waals surface area contributed by atoms with Crippen LogP contribution in [0.5, 0.6) is 0 Å². The van der Waals surface area contributed by atoms with Crippen LogP contribution in [0, 0.1) is 27.7 Å². The van der Waals surface area contributed by atoms with Gasteiger partial charge in [0, 0.05) is 33.5 Å². The minimum absolute atomic E-state index is 0.432. The molecule has 0 heterocycles. The van der Waals surface area contributed by atoms with E-state index in [1.807, 2.05) is 0 Å². The molecule has 0 spiro atoms. The van der Waals surface area contributed by atoms with Gasteiger partial charge in [-0.2, -0.15) is 0 Å². The van der Waals surface area contributed by atoms with Crippen LogP contribution in [-0.2, 0) is 0 Å². The van der Waals surface area contributed by atoms with E-state index in [0.29, 0.717) is 35.5 Å². The molecule has 564 valence electrons. The van der Waals surface area contributed by atoms with Crippen molar-refractivity contribution in [3.05, 3.63) is 371 Å². The van der Waals surface area contributed by atoms with Gasteiger partial charge in [-0.05, 0) is 267 Å². The Morgan fingerprint density at radius 1 is 0.184 bits per heavy atom. The average molecular weight is 1480 g/mol. The number of benzene rings is 16. The first-order valence-electron chi connectivity index (χ1n) is 41.4. The Bertz CT molecular complexity index is 5750. The summed E-state index contributed by atoms with van der Waals surface area (Å²) in [5.41, 5.74) is 40.0. The third-order valence-corrected chi connectivity index (χ3v) is 23.9. The van der Waals surface area contributed by atoms with Crippen molar-refractivity contribution in [3.8, 4) is 89.0 Å². The van der Waals surface area contributed by atoms with E-state index in [9.17, 15) is 0 Å². The Morgan fingerprint density at radius 2 is 0.404 bits per heavy atom. The Balaban J connectivity index is 0.680. The normalized spacial score (nSPS) is 11.8. The van der Waals surface area contributed by atoms with Crippen LogP contribution in [0.15, 0.2) is 315 Å². The third kappa shape index (κ3) is 14.9. The van der Waals surface area contributed by atoms with Gasteiger partial charge in [0.1, 0.15) is 0 Å². The van der Waals surface area contributed by atoms with Gasteiger partial charge in [-0.3, -0.25) is 0 Å². The fourth-order valence-electron chi connectivity index (χ4n) is 17.5. The van der Waals surface area contributed by atoms with Crippen LogP contribution >= 0.6 is 0 Å². The number of fused-ring (bicyclic) bond motifs is 5. The third-order valence-electron chi connectivity index (χ3n) is 23.9. The van der Waals surface area contributed by atoms with Gasteiger partial charge in [-0.25, -0.2) is 0 Å². The molecule has 0 aromatic heterocycles. The highest BCUT2D eigenvalue weighted by Gasteiger charge is 2.26. The maximum Gasteiger partial charge on any atom is 0.0546 e. The SMILES string of the molecule is Cc1ccc(N(c2ccc(-c3ccc(-c4ccc(-c5ccc(-c6c(C(C)C)cc(C(C)C)cc6C(C)C)cc5)cc4)cc3)cc2)c2cc3c4ccccc4c(N(c4ccc(-c5ccc(-c6ccc(-c7ccc(-c8c(C(C)C)cc(C(C)C)cc8C(C)C)cc7)cc6)cc5)cc4)c4ccc(C)cc4C)cc3c3ccccc23)c(C)c1. The van der Waals surface area contributed by atoms with Crippen LogP contribution in [0.25, 0.3) is 121 Å². The van der Waals surface area contributed by atoms with Crippen molar-refractivity contribution >= 4 is 66.4 Å². The summed E-state index contributed by atoms with van der Waals surface area (Å²) < 4.78 is 0. The van der Waals surface area contributed by atoms with Gasteiger partial charge in [0.25, 0.3) is 0 Å². The zero-order chi connectivity index (χ0) is 79.3. The summed E-state index contributed by atoms with van der Waals surface area (Å²) in [6.07, 6.45) is 0. The topological polar surface area (TPSA) is 6.48 Å². The maximum absolute atomic E-state index is 2.49. The molecule has 114 heavy (non-hydrogen) atoms. The van der Waals surface area contributed by atoms with Gasteiger partial charge in [0.2, 0.25) is 0 Å². The van der Waals surface area contributed by atoms with E-state index in [1.165, 1.54) is 177 Å². The first-order valence-corrected chi connectivity index (χ1v) is 41.4. The lowest BCUT2D eigenvalue weighted by Crippen LogP contribution is -2.13. The molecule has 0 fully saturated rings. The lowest BCUT2D eigenvalue weighted by molar-refractivity contribution is 0.807. The van der Waals surface area contributed by atoms with Crippen LogP contribution in [0.4, 0.5) is 34.1 Å². The average Bonchev–Trinajstić information content (AvgIpc) is 0.723. The lowest BCUT2D eigenvalue weighted by atomic mass is 9.81. The van der Waals surface area contributed by atoms with Crippen molar-refractivity contribution in [3.63, 3.8) is 0 Å². The number of hydrogen-bond acceptors (Lipinski definition) is 2. The fourth-order valence-corrected chi connectivity index (χ4v) is 17.5. The van der Waals surface area contributed by atoms with Crippen molar-refractivity contribution in [1.29, 1.82) is 0 Å². The van der Waals surface area contributed by atoms with Crippen molar-refractivity contribution in [2.45, 2.75) is 146 Å². The van der Waals surface area contributed by atoms with E-state index in [-0.39, 0.29) is 0 Å². The van der Waals surface area contributed by atoms with Crippen LogP contribution < -0.4 is 9.80 Å². The summed E-state index contributed by atoms with van der Waals surface area (Å²) in [6.45, 7) is 36.7. The lowest BCUT2D eigenvalue weighted by Gasteiger charge is -2.31. The van der Waals surface area contributed by atoms with E-state index in [0.717, 1.165) is 34.1 Å². The molecule has 16 aromatic carbocycles. The first kappa shape index (κ1) is 75.9. The van der Waals surface area contributed by atoms with Crippen LogP contribution in [-0.4, -0.2) is 0 Å². The van der Waals surface area contributed by atoms with E-state index in [1.54, 1.807) is 0 Å². The number of anilines is 6. The van der Waals surface area contributed by atoms with Gasteiger partial charge in [0.15, 0.2) is 0 Å². The standard InChI is InChI=1S/C112H106N2/c1-69(2)93-63-101(71(5)6)111(102(64-93)72(7)8)91-47-43-87(44-48-91)83-31-27-79(28-32-83)81-35-39-85(40-36-81)89-51-55-95(56-52-89)113(107-59-25-75(13)61-77(107)15)109-67-105-98-22-18-20-24-100(98)110(68-106(105)97-21-17-19-23-99(97)109)114(108-60-26-76(14)62-78(108)16)96-57-53-90(54-58-96)86-41-37-82(38-42-86)80-29-33-84(34-30-80)88-45-49-92(50-46-88)112-103(73(9)10)65-94(70(3)4)66-104(112)74(11)12/h17-74H,1-16H3. The molecule has 2 nitrogen and oxygen atoms in total. The molecular weight excluding hydrogens is 1370 g/mol. The highest BCUT2D eigenvalue weighted by atomic mass is 15.2. The first-order chi connectivity index (χ1) is 55.1. The number of nitrogens with zero attached hydrogens (tertiary/aromatic N) is 2. The summed E-state index contributed by atoms with van der Waals surface area (Å²) in [4.78, 5) is 4.98. The van der Waals surface area contributed by atoms with Crippen LogP contribution in [0.2, 0.25) is 0 Å². The molecule has 0 aliphatic carbocycles. The predicted octanol–water partition coefficient (Wildman–Crippen LogP) is 33.4. The Morgan fingerprint density at radius 3 is 0.623 bits per heavy atom. The second-order valence-corrected chi connectivity index (χ2v) is 33.9. The second-order valence-electron chi connectivity index (χ2n) is 33.9. The Hall–Kier alpha value is -12.1. The second kappa shape index (κ2) is 31.8. The summed E-state index contributed by atoms with van der Waals surface area (Å²) in [5, 5.41) is 7.15. The molecule has 0 aliphatic rings. The molecule has 0 bridgehead atoms. The molecule has 0 radical (unpaired) electrons. The Kier molecular flexibility index (Phi) is 21.2. The van der Waals surface area contributed by atoms with Crippen molar-refractivity contribution in [1.82, 2.24) is 0 Å². The minimum Gasteiger partial charge on any atom is -0.310 e. The Labute approximate surface area is 678 Å². The highest BCUT2D eigenvalue weighted by Crippen LogP contribution is 2.51. The summed E-state index contributed by atoms with van der Waals surface area (Å²) in [5.74, 6) is 2.71. The minimum atomic E-state index is 0.432. The largest absolute Gasteiger partial charge is 0.310 e. The summed E-state index contributed by atoms with van der Waals surface area (Å²) in [6, 6.07) is 120. The van der Waals surface area contributed by atoms with Gasteiger partial charge in [-0.15, -0.1) is 0 Å². The maximum atomic E-state index is 2.49. The molecule has 0 unspecified atom stereocenters. The molecule has 0 N–H and O–H groups in total. The summed E-state index contributed by atoms with van der Waals surface area (Å²) in [7, 11) is 0. The van der Waals surface area contributed by atoms with Gasteiger partial charge >= 0.3 is 0 Å². The molecule has 16 aromatic rings. The van der Waals surface area contributed by atoms with Crippen molar-refractivity contribution in [2.75, 3.05) is 9.80 Å². The molecule has 0 amide bonds. The molecule has 0 atom stereocenters. The number of hydrogen-bond donors (Lipinski definition) is 0. The monoisotopic (exact) mass is 1480 g/mol. The molecule has 0 aliphatic heterocycles. The quantitative estimate of drug-likeness (QED) is 0.0702. The molecule has 0 saturated heterocycles. The molecule has 2 heteroatoms. The zero-order valence-electron chi connectivity index (χ0n) is 69.4. The molecular formula is C112H106N2. The molecule has 16 rings (SSSR count). The van der Waals surface area contributed by atoms with Gasteiger partial charge in [-0.1, -0.05) is 361 Å². The van der Waals surface area contributed by atoms with Crippen molar-refractivity contribution < 1.29 is 0 Å². The van der Waals surface area contributed by atoms with E-state index in [2.05, 4.69) is 436 Å². The molecule has 0 saturated carbocycles. The highest BCUT2D eigenvalue weighted by molar-refractivity contribution is 6.25. The van der Waals surface area contributed by atoms with Gasteiger partial charge in [0.05, 0.1) is 11.4 Å². The smallest absolute Gasteiger partial charge is 0.0546 e. The van der Waals surface area contributed by atoms with E-state index in [4.69, 9.17) is 0 Å². The van der Waals surface area contributed by atoms with Crippen LogP contribution in [0.3, 0.4) is 0 Å². The number of rotatable bonds is 20. The predicted molar refractivity (Wildman–Crippen MR) is 495 cm³/mol. The number of aryl methyl sites for hydroxylation is 4. The van der Waals surface area contributed by atoms with E-state index < -0.39 is 0 Å². The van der Waals surface area contributed by atoms with E-state index >= 15 is 0 Å². The summed E-state index contributed by atoms with van der Waals surface area (Å²) >= 11 is 0. The van der Waals surface area contributed by atoms with Crippen LogP contribution in [0.1, 0.15) is 174 Å². The fraction of sp³-hybridized carbons (Fsp3) is 0.196. The van der Waals surface area contributed by atoms with Crippen molar-refractivity contribution in [2.24, 2.45) is 0 Å². The van der Waals surface area contributed by atoms with Gasteiger partial charge < -0.3 is 9.80 Å².